The van der Waals surface area contributed by atoms with Crippen LogP contribution in [-0.2, 0) is 0 Å². The first-order chi connectivity index (χ1) is 8.76. The van der Waals surface area contributed by atoms with E-state index in [2.05, 4.69) is 24.2 Å². The predicted molar refractivity (Wildman–Crippen MR) is 76.6 cm³/mol. The third kappa shape index (κ3) is 2.60. The molecule has 0 bridgehead atoms. The van der Waals surface area contributed by atoms with Crippen molar-refractivity contribution in [2.45, 2.75) is 51.5 Å². The van der Waals surface area contributed by atoms with Gasteiger partial charge in [-0.2, -0.15) is 0 Å². The lowest BCUT2D eigenvalue weighted by Crippen LogP contribution is -2.44. The van der Waals surface area contributed by atoms with E-state index in [0.29, 0.717) is 0 Å². The molecule has 0 aromatic carbocycles. The minimum absolute atomic E-state index is 0.779. The molecule has 2 saturated carbocycles. The molecule has 3 fully saturated rings. The van der Waals surface area contributed by atoms with Gasteiger partial charge in [0.2, 0.25) is 0 Å². The maximum Gasteiger partial charge on any atom is 0.0105 e. The van der Waals surface area contributed by atoms with E-state index in [0.717, 1.165) is 29.7 Å². The maximum absolute atomic E-state index is 3.57. The van der Waals surface area contributed by atoms with E-state index in [4.69, 9.17) is 0 Å². The molecule has 0 aromatic heterocycles. The molecule has 0 spiro atoms. The van der Waals surface area contributed by atoms with Crippen LogP contribution < -0.4 is 5.32 Å². The number of likely N-dealkylation sites (tertiary alicyclic amines) is 1. The minimum atomic E-state index is 0.779. The van der Waals surface area contributed by atoms with Gasteiger partial charge in [0.25, 0.3) is 0 Å². The average Bonchev–Trinajstić information content (AvgIpc) is 2.90. The van der Waals surface area contributed by atoms with Crippen LogP contribution in [0.1, 0.15) is 45.4 Å². The number of hydrogen-bond donors (Lipinski definition) is 1. The quantitative estimate of drug-likeness (QED) is 0.828. The Morgan fingerprint density at radius 2 is 1.78 bits per heavy atom. The van der Waals surface area contributed by atoms with Gasteiger partial charge in [0.05, 0.1) is 0 Å². The molecule has 18 heavy (non-hydrogen) atoms. The summed E-state index contributed by atoms with van der Waals surface area (Å²) in [7, 11) is 2.16. The van der Waals surface area contributed by atoms with Gasteiger partial charge in [0.15, 0.2) is 0 Å². The Bertz CT molecular complexity index is 266. The molecule has 3 aliphatic rings. The Morgan fingerprint density at radius 1 is 1.06 bits per heavy atom. The fraction of sp³-hybridized carbons (Fsp3) is 1.00. The average molecular weight is 250 g/mol. The van der Waals surface area contributed by atoms with Gasteiger partial charge in [-0.25, -0.2) is 0 Å². The van der Waals surface area contributed by atoms with E-state index in [1.807, 2.05) is 0 Å². The molecule has 1 aliphatic heterocycles. The highest BCUT2D eigenvalue weighted by atomic mass is 15.2. The zero-order valence-corrected chi connectivity index (χ0v) is 12.2. The molecule has 5 atom stereocenters. The zero-order valence-electron chi connectivity index (χ0n) is 12.2. The van der Waals surface area contributed by atoms with Crippen molar-refractivity contribution in [2.75, 3.05) is 26.7 Å². The molecular formula is C16H30N2. The van der Waals surface area contributed by atoms with Crippen molar-refractivity contribution in [1.29, 1.82) is 0 Å². The third-order valence-electron chi connectivity index (χ3n) is 5.91. The molecule has 104 valence electrons. The van der Waals surface area contributed by atoms with E-state index in [1.54, 1.807) is 0 Å². The molecule has 1 heterocycles. The first kappa shape index (κ1) is 12.9. The number of fused-ring (bicyclic) bond motifs is 1. The van der Waals surface area contributed by atoms with Gasteiger partial charge in [-0.3, -0.25) is 0 Å². The summed E-state index contributed by atoms with van der Waals surface area (Å²) >= 11 is 0. The molecule has 0 radical (unpaired) electrons. The molecule has 5 unspecified atom stereocenters. The Hall–Kier alpha value is -0.0800. The van der Waals surface area contributed by atoms with Crippen molar-refractivity contribution in [2.24, 2.45) is 23.7 Å². The lowest BCUT2D eigenvalue weighted by atomic mass is 9.78. The summed E-state index contributed by atoms with van der Waals surface area (Å²) in [5.74, 6) is 3.96. The van der Waals surface area contributed by atoms with E-state index in [9.17, 15) is 0 Å². The predicted octanol–water partition coefficient (Wildman–Crippen LogP) is 2.74. The second-order valence-electron chi connectivity index (χ2n) is 7.24. The first-order valence-corrected chi connectivity index (χ1v) is 8.16. The number of hydrogen-bond acceptors (Lipinski definition) is 2. The summed E-state index contributed by atoms with van der Waals surface area (Å²) in [6.45, 7) is 6.62. The van der Waals surface area contributed by atoms with Gasteiger partial charge in [0.1, 0.15) is 0 Å². The summed E-state index contributed by atoms with van der Waals surface area (Å²) < 4.78 is 0. The molecule has 0 amide bonds. The fourth-order valence-electron chi connectivity index (χ4n) is 4.89. The lowest BCUT2D eigenvalue weighted by molar-refractivity contribution is 0.159. The van der Waals surface area contributed by atoms with Gasteiger partial charge in [-0.05, 0) is 62.8 Å². The monoisotopic (exact) mass is 250 g/mol. The Kier molecular flexibility index (Phi) is 3.95. The van der Waals surface area contributed by atoms with Crippen LogP contribution in [0.15, 0.2) is 0 Å². The second kappa shape index (κ2) is 5.50. The van der Waals surface area contributed by atoms with Crippen LogP contribution in [0.4, 0.5) is 0 Å². The van der Waals surface area contributed by atoms with Gasteiger partial charge in [0, 0.05) is 25.7 Å². The molecule has 2 heteroatoms. The molecule has 1 N–H and O–H groups in total. The summed E-state index contributed by atoms with van der Waals surface area (Å²) in [6.07, 6.45) is 8.78. The van der Waals surface area contributed by atoms with Crippen LogP contribution in [0.3, 0.4) is 0 Å². The maximum atomic E-state index is 3.57. The Balaban J connectivity index is 1.54. The Morgan fingerprint density at radius 3 is 2.44 bits per heavy atom. The van der Waals surface area contributed by atoms with Crippen molar-refractivity contribution in [3.05, 3.63) is 0 Å². The summed E-state index contributed by atoms with van der Waals surface area (Å²) in [4.78, 5) is 2.79. The number of nitrogens with zero attached hydrogens (tertiary/aromatic N) is 1. The van der Waals surface area contributed by atoms with Crippen molar-refractivity contribution < 1.29 is 0 Å². The van der Waals surface area contributed by atoms with Crippen LogP contribution in [0, 0.1) is 23.7 Å². The van der Waals surface area contributed by atoms with E-state index in [1.165, 1.54) is 58.2 Å². The SMILES string of the molecule is CNC1CCC(C)CC1CN1CC2CCCC2C1. The van der Waals surface area contributed by atoms with Gasteiger partial charge in [-0.1, -0.05) is 13.3 Å². The van der Waals surface area contributed by atoms with E-state index >= 15 is 0 Å². The first-order valence-electron chi connectivity index (χ1n) is 8.16. The normalized spacial score (nSPS) is 45.3. The lowest BCUT2D eigenvalue weighted by Gasteiger charge is -2.37. The summed E-state index contributed by atoms with van der Waals surface area (Å²) in [5, 5.41) is 3.57. The van der Waals surface area contributed by atoms with Crippen LogP contribution >= 0.6 is 0 Å². The second-order valence-corrected chi connectivity index (χ2v) is 7.24. The van der Waals surface area contributed by atoms with Gasteiger partial charge >= 0.3 is 0 Å². The molecular weight excluding hydrogens is 220 g/mol. The van der Waals surface area contributed by atoms with Crippen LogP contribution in [0.2, 0.25) is 0 Å². The molecule has 1 saturated heterocycles. The number of nitrogens with one attached hydrogen (secondary N) is 1. The third-order valence-corrected chi connectivity index (χ3v) is 5.91. The fourth-order valence-corrected chi connectivity index (χ4v) is 4.89. The van der Waals surface area contributed by atoms with Crippen molar-refractivity contribution >= 4 is 0 Å². The largest absolute Gasteiger partial charge is 0.317 e. The van der Waals surface area contributed by atoms with Crippen molar-refractivity contribution in [1.82, 2.24) is 10.2 Å². The van der Waals surface area contributed by atoms with Crippen LogP contribution in [0.25, 0.3) is 0 Å². The van der Waals surface area contributed by atoms with Crippen molar-refractivity contribution in [3.8, 4) is 0 Å². The molecule has 3 rings (SSSR count). The molecule has 2 nitrogen and oxygen atoms in total. The van der Waals surface area contributed by atoms with E-state index in [-0.39, 0.29) is 0 Å². The van der Waals surface area contributed by atoms with Gasteiger partial charge in [-0.15, -0.1) is 0 Å². The Labute approximate surface area is 113 Å². The molecule has 0 aromatic rings. The van der Waals surface area contributed by atoms with Crippen LogP contribution in [0.5, 0.6) is 0 Å². The van der Waals surface area contributed by atoms with Crippen LogP contribution in [-0.4, -0.2) is 37.6 Å². The standard InChI is InChI=1S/C16H30N2/c1-12-6-7-16(17-2)15(8-12)11-18-9-13-4-3-5-14(13)10-18/h12-17H,3-11H2,1-2H3. The van der Waals surface area contributed by atoms with Crippen molar-refractivity contribution in [3.63, 3.8) is 0 Å². The summed E-state index contributed by atoms with van der Waals surface area (Å²) in [6, 6.07) is 0.779. The van der Waals surface area contributed by atoms with E-state index < -0.39 is 0 Å². The smallest absolute Gasteiger partial charge is 0.0105 e. The highest BCUT2D eigenvalue weighted by molar-refractivity contribution is 4.91. The minimum Gasteiger partial charge on any atom is -0.317 e. The zero-order chi connectivity index (χ0) is 12.5. The highest BCUT2D eigenvalue weighted by Crippen LogP contribution is 2.39. The van der Waals surface area contributed by atoms with Gasteiger partial charge < -0.3 is 10.2 Å². The summed E-state index contributed by atoms with van der Waals surface area (Å²) in [5.41, 5.74) is 0. The highest BCUT2D eigenvalue weighted by Gasteiger charge is 2.38. The number of rotatable bonds is 3. The molecule has 2 aliphatic carbocycles. The topological polar surface area (TPSA) is 15.3 Å².